The summed E-state index contributed by atoms with van der Waals surface area (Å²) in [5, 5.41) is 3.74. The van der Waals surface area contributed by atoms with Crippen molar-refractivity contribution in [3.8, 4) is 0 Å². The normalized spacial score (nSPS) is 23.6. The van der Waals surface area contributed by atoms with Crippen LogP contribution in [0, 0.1) is 12.8 Å². The molecule has 0 amide bonds. The molecule has 0 saturated heterocycles. The summed E-state index contributed by atoms with van der Waals surface area (Å²) in [5.41, 5.74) is 5.22. The van der Waals surface area contributed by atoms with Crippen LogP contribution in [0.2, 0.25) is 0 Å². The van der Waals surface area contributed by atoms with Crippen molar-refractivity contribution < 1.29 is 9.53 Å². The number of allylic oxidation sites excluding steroid dienone is 2. The summed E-state index contributed by atoms with van der Waals surface area (Å²) in [6, 6.07) is 12.5. The number of aryl methyl sites for hydroxylation is 1. The maximum Gasteiger partial charge on any atom is 0.338 e. The molecular formula is C21H20BrNO2. The molecule has 4 heteroatoms. The molecule has 25 heavy (non-hydrogen) atoms. The third-order valence-electron chi connectivity index (χ3n) is 5.37. The predicted octanol–water partition coefficient (Wildman–Crippen LogP) is 5.37. The van der Waals surface area contributed by atoms with E-state index in [0.29, 0.717) is 11.5 Å². The second-order valence-corrected chi connectivity index (χ2v) is 7.56. The molecule has 128 valence electrons. The summed E-state index contributed by atoms with van der Waals surface area (Å²) in [7, 11) is 1.44. The number of carbonyl (C=O) groups excluding carboxylic acids is 1. The fourth-order valence-corrected chi connectivity index (χ4v) is 4.71. The Hall–Kier alpha value is -2.07. The van der Waals surface area contributed by atoms with E-state index in [-0.39, 0.29) is 17.9 Å². The first-order valence-electron chi connectivity index (χ1n) is 8.51. The Morgan fingerprint density at radius 3 is 2.80 bits per heavy atom. The minimum absolute atomic E-state index is 0.203. The van der Waals surface area contributed by atoms with E-state index in [1.807, 2.05) is 18.2 Å². The van der Waals surface area contributed by atoms with E-state index in [1.54, 1.807) is 0 Å². The van der Waals surface area contributed by atoms with Gasteiger partial charge in [0.05, 0.1) is 18.7 Å². The number of halogens is 1. The first-order valence-corrected chi connectivity index (χ1v) is 9.30. The number of esters is 1. The lowest BCUT2D eigenvalue weighted by atomic mass is 9.75. The van der Waals surface area contributed by atoms with Gasteiger partial charge in [-0.3, -0.25) is 0 Å². The fraction of sp³-hybridized carbons (Fsp3) is 0.286. The fourth-order valence-electron chi connectivity index (χ4n) is 4.18. The molecule has 0 radical (unpaired) electrons. The molecule has 3 atom stereocenters. The lowest BCUT2D eigenvalue weighted by molar-refractivity contribution is 0.0598. The first-order chi connectivity index (χ1) is 12.1. The van der Waals surface area contributed by atoms with Crippen molar-refractivity contribution in [3.63, 3.8) is 0 Å². The van der Waals surface area contributed by atoms with E-state index in [9.17, 15) is 4.79 Å². The van der Waals surface area contributed by atoms with E-state index in [0.717, 1.165) is 27.7 Å². The number of ether oxygens (including phenoxy) is 1. The van der Waals surface area contributed by atoms with Crippen LogP contribution < -0.4 is 5.32 Å². The highest BCUT2D eigenvalue weighted by Crippen LogP contribution is 2.52. The summed E-state index contributed by atoms with van der Waals surface area (Å²) in [4.78, 5) is 12.3. The Labute approximate surface area is 156 Å². The van der Waals surface area contributed by atoms with Crippen LogP contribution in [0.1, 0.15) is 45.4 Å². The summed E-state index contributed by atoms with van der Waals surface area (Å²) < 4.78 is 6.14. The summed E-state index contributed by atoms with van der Waals surface area (Å²) >= 11 is 3.70. The van der Waals surface area contributed by atoms with Gasteiger partial charge >= 0.3 is 5.97 Å². The number of fused-ring (bicyclic) bond motifs is 3. The van der Waals surface area contributed by atoms with Gasteiger partial charge in [-0.2, -0.15) is 0 Å². The lowest BCUT2D eigenvalue weighted by Crippen LogP contribution is -2.31. The first kappa shape index (κ1) is 16.4. The lowest BCUT2D eigenvalue weighted by Gasteiger charge is -2.39. The Morgan fingerprint density at radius 2 is 2.04 bits per heavy atom. The quantitative estimate of drug-likeness (QED) is 0.546. The molecule has 3 nitrogen and oxygen atoms in total. The van der Waals surface area contributed by atoms with Crippen molar-refractivity contribution in [2.24, 2.45) is 5.92 Å². The molecule has 2 aliphatic rings. The van der Waals surface area contributed by atoms with Gasteiger partial charge in [-0.15, -0.1) is 0 Å². The smallest absolute Gasteiger partial charge is 0.338 e. The van der Waals surface area contributed by atoms with Crippen LogP contribution in [0.25, 0.3) is 0 Å². The number of hydrogen-bond donors (Lipinski definition) is 1. The zero-order valence-electron chi connectivity index (χ0n) is 14.3. The van der Waals surface area contributed by atoms with Crippen molar-refractivity contribution in [3.05, 3.63) is 75.3 Å². The van der Waals surface area contributed by atoms with Gasteiger partial charge in [0.15, 0.2) is 0 Å². The Bertz CT molecular complexity index is 874. The van der Waals surface area contributed by atoms with Crippen LogP contribution in [0.4, 0.5) is 5.69 Å². The summed E-state index contributed by atoms with van der Waals surface area (Å²) in [5.74, 6) is 0.343. The van der Waals surface area contributed by atoms with E-state index < -0.39 is 0 Å². The largest absolute Gasteiger partial charge is 0.465 e. The molecule has 1 aliphatic carbocycles. The molecule has 2 aromatic rings. The van der Waals surface area contributed by atoms with E-state index >= 15 is 0 Å². The summed E-state index contributed by atoms with van der Waals surface area (Å²) in [6.07, 6.45) is 5.48. The third kappa shape index (κ3) is 2.60. The number of carbonyl (C=O) groups is 1. The molecule has 0 fully saturated rings. The second-order valence-electron chi connectivity index (χ2n) is 6.71. The molecule has 2 aromatic carbocycles. The third-order valence-corrected chi connectivity index (χ3v) is 6.10. The predicted molar refractivity (Wildman–Crippen MR) is 103 cm³/mol. The standard InChI is InChI=1S/C21H20BrNO2/c1-12-10-11-16(21(24)25-2)18-13-7-5-8-14(13)20(23-19(12)18)15-6-3-4-9-17(15)22/h3-7,9-11,13-14,20,23H,8H2,1-2H3/t13-,14-,20-/m1/s1. The Balaban J connectivity index is 1.89. The Kier molecular flexibility index (Phi) is 4.16. The van der Waals surface area contributed by atoms with Crippen LogP contribution in [0.5, 0.6) is 0 Å². The monoisotopic (exact) mass is 397 g/mol. The number of benzene rings is 2. The highest BCUT2D eigenvalue weighted by Gasteiger charge is 2.41. The van der Waals surface area contributed by atoms with Crippen LogP contribution in [-0.2, 0) is 4.74 Å². The number of methoxy groups -OCH3 is 1. The molecule has 4 rings (SSSR count). The zero-order valence-corrected chi connectivity index (χ0v) is 15.8. The average Bonchev–Trinajstić information content (AvgIpc) is 3.11. The van der Waals surface area contributed by atoms with Crippen molar-refractivity contribution in [2.75, 3.05) is 12.4 Å². The van der Waals surface area contributed by atoms with Gasteiger partial charge in [0.2, 0.25) is 0 Å². The number of hydrogen-bond acceptors (Lipinski definition) is 3. The van der Waals surface area contributed by atoms with Crippen LogP contribution in [0.3, 0.4) is 0 Å². The maximum atomic E-state index is 12.3. The minimum Gasteiger partial charge on any atom is -0.465 e. The van der Waals surface area contributed by atoms with Gasteiger partial charge in [0.1, 0.15) is 0 Å². The second kappa shape index (κ2) is 6.34. The zero-order chi connectivity index (χ0) is 17.6. The highest BCUT2D eigenvalue weighted by molar-refractivity contribution is 9.10. The maximum absolute atomic E-state index is 12.3. The molecule has 0 aromatic heterocycles. The van der Waals surface area contributed by atoms with Crippen LogP contribution in [-0.4, -0.2) is 13.1 Å². The van der Waals surface area contributed by atoms with Crippen LogP contribution >= 0.6 is 15.9 Å². The molecule has 0 unspecified atom stereocenters. The van der Waals surface area contributed by atoms with Gasteiger partial charge in [-0.25, -0.2) is 4.79 Å². The van der Waals surface area contributed by atoms with Gasteiger partial charge < -0.3 is 10.1 Å². The van der Waals surface area contributed by atoms with E-state index in [4.69, 9.17) is 4.74 Å². The van der Waals surface area contributed by atoms with E-state index in [1.165, 1.54) is 12.7 Å². The summed E-state index contributed by atoms with van der Waals surface area (Å²) in [6.45, 7) is 2.09. The SMILES string of the molecule is COC(=O)c1ccc(C)c2c1[C@@H]1C=CC[C@H]1[C@H](c1ccccc1Br)N2. The Morgan fingerprint density at radius 1 is 1.24 bits per heavy atom. The van der Waals surface area contributed by atoms with E-state index in [2.05, 4.69) is 58.5 Å². The van der Waals surface area contributed by atoms with Gasteiger partial charge in [-0.1, -0.05) is 52.3 Å². The molecule has 1 N–H and O–H groups in total. The molecule has 1 heterocycles. The molecule has 0 spiro atoms. The average molecular weight is 398 g/mol. The van der Waals surface area contributed by atoms with Crippen molar-refractivity contribution in [1.29, 1.82) is 0 Å². The van der Waals surface area contributed by atoms with Crippen molar-refractivity contribution in [2.45, 2.75) is 25.3 Å². The van der Waals surface area contributed by atoms with Crippen molar-refractivity contribution >= 4 is 27.6 Å². The molecule has 1 aliphatic heterocycles. The topological polar surface area (TPSA) is 38.3 Å². The minimum atomic E-state index is -0.267. The van der Waals surface area contributed by atoms with Gasteiger partial charge in [-0.05, 0) is 48.1 Å². The molecular weight excluding hydrogens is 378 g/mol. The van der Waals surface area contributed by atoms with Gasteiger partial charge in [0.25, 0.3) is 0 Å². The number of rotatable bonds is 2. The van der Waals surface area contributed by atoms with Gasteiger partial charge in [0, 0.05) is 16.1 Å². The molecule has 0 saturated carbocycles. The van der Waals surface area contributed by atoms with Crippen molar-refractivity contribution in [1.82, 2.24) is 0 Å². The number of nitrogens with one attached hydrogen (secondary N) is 1. The molecule has 0 bridgehead atoms. The number of anilines is 1. The highest BCUT2D eigenvalue weighted by atomic mass is 79.9. The van der Waals surface area contributed by atoms with Crippen LogP contribution in [0.15, 0.2) is 53.0 Å².